The molecule has 0 unspecified atom stereocenters. The SMILES string of the molecule is CC(C)(C)C(=O)CN1CCN(CC(=O)ON2C(=O)CCC2=O)CCN(CC(=O)C(C)(C)C)CCN(CC(=O)C(C)(C)C)CC1. The average Bonchev–Trinajstić information content (AvgIpc) is 3.19. The van der Waals surface area contributed by atoms with Crippen molar-refractivity contribution >= 4 is 35.1 Å². The van der Waals surface area contributed by atoms with E-state index in [2.05, 4.69) is 14.7 Å². The van der Waals surface area contributed by atoms with Crippen LogP contribution in [0.25, 0.3) is 0 Å². The maximum absolute atomic E-state index is 13.0. The molecule has 2 rings (SSSR count). The molecule has 2 aliphatic rings. The summed E-state index contributed by atoms with van der Waals surface area (Å²) in [4.78, 5) is 89.1. The number of hydrogen-bond donors (Lipinski definition) is 0. The van der Waals surface area contributed by atoms with E-state index in [1.807, 2.05) is 67.2 Å². The second kappa shape index (κ2) is 15.6. The topological polar surface area (TPSA) is 128 Å². The molecule has 0 radical (unpaired) electrons. The number of carbonyl (C=O) groups is 6. The molecule has 0 aromatic heterocycles. The molecule has 250 valence electrons. The average molecular weight is 622 g/mol. The van der Waals surface area contributed by atoms with E-state index in [0.29, 0.717) is 57.4 Å². The number of amides is 2. The summed E-state index contributed by atoms with van der Waals surface area (Å²) in [5.74, 6) is -1.49. The molecule has 2 aliphatic heterocycles. The Morgan fingerprint density at radius 1 is 0.500 bits per heavy atom. The number of hydroxylamine groups is 2. The summed E-state index contributed by atoms with van der Waals surface area (Å²) in [6, 6.07) is 0. The number of hydrogen-bond acceptors (Lipinski definition) is 11. The number of Topliss-reactive ketones (excluding diaryl/α,β-unsaturated/α-hetero) is 3. The summed E-state index contributed by atoms with van der Waals surface area (Å²) in [5.41, 5.74) is -1.54. The fourth-order valence-electron chi connectivity index (χ4n) is 4.50. The quantitative estimate of drug-likeness (QED) is 0.349. The van der Waals surface area contributed by atoms with E-state index >= 15 is 0 Å². The molecular formula is C32H55N5O7. The van der Waals surface area contributed by atoms with Crippen molar-refractivity contribution in [2.45, 2.75) is 75.2 Å². The Morgan fingerprint density at radius 3 is 1.00 bits per heavy atom. The second-order valence-electron chi connectivity index (χ2n) is 15.2. The molecule has 12 nitrogen and oxygen atoms in total. The van der Waals surface area contributed by atoms with Crippen LogP contribution >= 0.6 is 0 Å². The Labute approximate surface area is 263 Å². The van der Waals surface area contributed by atoms with Gasteiger partial charge in [0.2, 0.25) is 0 Å². The van der Waals surface area contributed by atoms with Gasteiger partial charge in [-0.3, -0.25) is 43.6 Å². The Hall–Kier alpha value is -2.54. The first-order valence-electron chi connectivity index (χ1n) is 15.7. The van der Waals surface area contributed by atoms with Crippen LogP contribution in [0.2, 0.25) is 0 Å². The van der Waals surface area contributed by atoms with Crippen molar-refractivity contribution in [2.75, 3.05) is 78.5 Å². The first-order chi connectivity index (χ1) is 20.2. The van der Waals surface area contributed by atoms with Crippen LogP contribution in [0.3, 0.4) is 0 Å². The van der Waals surface area contributed by atoms with E-state index < -0.39 is 34.0 Å². The van der Waals surface area contributed by atoms with Crippen LogP contribution < -0.4 is 0 Å². The lowest BCUT2D eigenvalue weighted by Gasteiger charge is -2.35. The van der Waals surface area contributed by atoms with E-state index in [1.54, 1.807) is 0 Å². The molecule has 0 aromatic carbocycles. The van der Waals surface area contributed by atoms with Crippen LogP contribution in [0.15, 0.2) is 0 Å². The molecule has 0 aromatic rings. The zero-order valence-electron chi connectivity index (χ0n) is 28.5. The summed E-state index contributed by atoms with van der Waals surface area (Å²) in [5, 5.41) is 0.551. The van der Waals surface area contributed by atoms with Gasteiger partial charge in [-0.15, -0.1) is 5.06 Å². The van der Waals surface area contributed by atoms with Crippen molar-refractivity contribution in [3.8, 4) is 0 Å². The third-order valence-electron chi connectivity index (χ3n) is 8.09. The standard InChI is InChI=1S/C32H55N5O7/c1-30(2,3)24(38)20-33-12-14-34(21-25(39)31(4,5)6)16-18-36(23-29(43)44-37-27(41)10-11-28(37)42)19-17-35(15-13-33)22-26(40)32(7,8)9/h10-23H2,1-9H3. The van der Waals surface area contributed by atoms with Gasteiger partial charge < -0.3 is 4.84 Å². The highest BCUT2D eigenvalue weighted by atomic mass is 16.7. The minimum atomic E-state index is -0.720. The van der Waals surface area contributed by atoms with Gasteiger partial charge in [-0.25, -0.2) is 4.79 Å². The minimum absolute atomic E-state index is 0.0156. The number of ketones is 3. The molecule has 0 N–H and O–H groups in total. The van der Waals surface area contributed by atoms with Crippen molar-refractivity contribution in [1.29, 1.82) is 0 Å². The predicted molar refractivity (Wildman–Crippen MR) is 166 cm³/mol. The zero-order chi connectivity index (χ0) is 33.5. The molecule has 12 heteroatoms. The Balaban J connectivity index is 2.29. The number of carbonyl (C=O) groups excluding carboxylic acids is 6. The fourth-order valence-corrected chi connectivity index (χ4v) is 4.50. The lowest BCUT2D eigenvalue weighted by atomic mass is 9.90. The Bertz CT molecular complexity index is 1010. The first kappa shape index (κ1) is 37.6. The maximum Gasteiger partial charge on any atom is 0.347 e. The number of nitrogens with zero attached hydrogens (tertiary/aromatic N) is 5. The second-order valence-corrected chi connectivity index (χ2v) is 15.2. The van der Waals surface area contributed by atoms with Crippen LogP contribution in [0, 0.1) is 16.2 Å². The predicted octanol–water partition coefficient (Wildman–Crippen LogP) is 1.66. The van der Waals surface area contributed by atoms with Gasteiger partial charge in [-0.2, -0.15) is 0 Å². The molecule has 2 saturated heterocycles. The molecule has 0 atom stereocenters. The molecular weight excluding hydrogens is 566 g/mol. The van der Waals surface area contributed by atoms with E-state index in [1.165, 1.54) is 0 Å². The smallest absolute Gasteiger partial charge is 0.329 e. The molecule has 0 spiro atoms. The summed E-state index contributed by atoms with van der Waals surface area (Å²) in [6.07, 6.45) is 0.0312. The van der Waals surface area contributed by atoms with Crippen molar-refractivity contribution in [3.05, 3.63) is 0 Å². The lowest BCUT2D eigenvalue weighted by Crippen LogP contribution is -2.50. The van der Waals surface area contributed by atoms with Gasteiger partial charge in [0.25, 0.3) is 11.8 Å². The van der Waals surface area contributed by atoms with E-state index in [4.69, 9.17) is 4.84 Å². The minimum Gasteiger partial charge on any atom is -0.329 e. The van der Waals surface area contributed by atoms with Gasteiger partial charge in [0.15, 0.2) is 17.3 Å². The van der Waals surface area contributed by atoms with E-state index in [9.17, 15) is 28.8 Å². The molecule has 2 heterocycles. The maximum atomic E-state index is 13.0. The van der Waals surface area contributed by atoms with Gasteiger partial charge in [0.05, 0.1) is 26.2 Å². The third kappa shape index (κ3) is 12.5. The molecule has 0 aliphatic carbocycles. The summed E-state index contributed by atoms with van der Waals surface area (Å²) >= 11 is 0. The molecule has 0 bridgehead atoms. The number of imide groups is 1. The molecule has 44 heavy (non-hydrogen) atoms. The largest absolute Gasteiger partial charge is 0.347 e. The third-order valence-corrected chi connectivity index (χ3v) is 8.09. The molecule has 2 amide bonds. The van der Waals surface area contributed by atoms with Crippen molar-refractivity contribution in [1.82, 2.24) is 24.7 Å². The van der Waals surface area contributed by atoms with Crippen molar-refractivity contribution < 1.29 is 33.6 Å². The van der Waals surface area contributed by atoms with Gasteiger partial charge in [0.1, 0.15) is 0 Å². The van der Waals surface area contributed by atoms with Crippen LogP contribution in [0.5, 0.6) is 0 Å². The highest BCUT2D eigenvalue weighted by Crippen LogP contribution is 2.18. The highest BCUT2D eigenvalue weighted by Gasteiger charge is 2.34. The van der Waals surface area contributed by atoms with Crippen LogP contribution in [-0.2, 0) is 33.6 Å². The van der Waals surface area contributed by atoms with E-state index in [0.717, 1.165) is 0 Å². The van der Waals surface area contributed by atoms with Gasteiger partial charge in [0, 0.05) is 81.4 Å². The van der Waals surface area contributed by atoms with Gasteiger partial charge in [-0.05, 0) is 0 Å². The summed E-state index contributed by atoms with van der Waals surface area (Å²) in [6.45, 7) is 21.6. The number of rotatable bonds is 9. The van der Waals surface area contributed by atoms with Crippen LogP contribution in [0.4, 0.5) is 0 Å². The summed E-state index contributed by atoms with van der Waals surface area (Å²) < 4.78 is 0. The van der Waals surface area contributed by atoms with Crippen LogP contribution in [0.1, 0.15) is 75.2 Å². The van der Waals surface area contributed by atoms with Crippen LogP contribution in [-0.4, -0.2) is 138 Å². The van der Waals surface area contributed by atoms with E-state index in [-0.39, 0.29) is 56.4 Å². The molecule has 0 saturated carbocycles. The highest BCUT2D eigenvalue weighted by molar-refractivity contribution is 6.01. The van der Waals surface area contributed by atoms with Gasteiger partial charge in [-0.1, -0.05) is 62.3 Å². The molecule has 2 fully saturated rings. The Kier molecular flexibility index (Phi) is 13.4. The van der Waals surface area contributed by atoms with Crippen molar-refractivity contribution in [3.63, 3.8) is 0 Å². The Morgan fingerprint density at radius 2 is 0.750 bits per heavy atom. The van der Waals surface area contributed by atoms with Crippen molar-refractivity contribution in [2.24, 2.45) is 16.2 Å². The lowest BCUT2D eigenvalue weighted by molar-refractivity contribution is -0.198. The summed E-state index contributed by atoms with van der Waals surface area (Å²) in [7, 11) is 0. The monoisotopic (exact) mass is 621 g/mol. The zero-order valence-corrected chi connectivity index (χ0v) is 28.5. The fraction of sp³-hybridized carbons (Fsp3) is 0.812. The normalized spacial score (nSPS) is 19.9. The van der Waals surface area contributed by atoms with Gasteiger partial charge >= 0.3 is 5.97 Å². The first-order valence-corrected chi connectivity index (χ1v) is 15.7.